The maximum atomic E-state index is 10.9. The smallest absolute Gasteiger partial charge is 0.334 e. The first kappa shape index (κ1) is 8.60. The Balaban J connectivity index is 2.22. The zero-order chi connectivity index (χ0) is 9.42. The molecule has 1 heterocycles. The predicted octanol–water partition coefficient (Wildman–Crippen LogP) is 1.65. The van der Waals surface area contributed by atoms with Crippen molar-refractivity contribution in [1.82, 2.24) is 0 Å². The van der Waals surface area contributed by atoms with Gasteiger partial charge in [0.1, 0.15) is 0 Å². The normalized spacial score (nSPS) is 37.6. The second-order valence-electron chi connectivity index (χ2n) is 4.04. The minimum atomic E-state index is -0.816. The van der Waals surface area contributed by atoms with Crippen LogP contribution in [0.1, 0.15) is 19.8 Å². The summed E-state index contributed by atoms with van der Waals surface area (Å²) in [5.74, 6) is 0.453. The van der Waals surface area contributed by atoms with Crippen molar-refractivity contribution < 1.29 is 14.6 Å². The van der Waals surface area contributed by atoms with Gasteiger partial charge in [-0.1, -0.05) is 6.92 Å². The second-order valence-corrected chi connectivity index (χ2v) is 4.04. The van der Waals surface area contributed by atoms with E-state index < -0.39 is 5.97 Å². The van der Waals surface area contributed by atoms with Gasteiger partial charge in [0.05, 0.1) is 18.4 Å². The molecule has 3 heteroatoms. The molecule has 3 unspecified atom stereocenters. The first-order chi connectivity index (χ1) is 6.20. The van der Waals surface area contributed by atoms with Gasteiger partial charge in [-0.3, -0.25) is 0 Å². The van der Waals surface area contributed by atoms with E-state index in [-0.39, 0.29) is 5.92 Å². The number of ether oxygens (including phenoxy) is 1. The highest BCUT2D eigenvalue weighted by molar-refractivity contribution is 5.87. The third-order valence-corrected chi connectivity index (χ3v) is 3.33. The maximum Gasteiger partial charge on any atom is 0.334 e. The van der Waals surface area contributed by atoms with Crippen LogP contribution in [0.3, 0.4) is 0 Å². The Morgan fingerprint density at radius 3 is 3.08 bits per heavy atom. The number of hydrogen-bond acceptors (Lipinski definition) is 2. The van der Waals surface area contributed by atoms with Crippen molar-refractivity contribution in [2.75, 3.05) is 6.61 Å². The van der Waals surface area contributed by atoms with E-state index in [4.69, 9.17) is 9.84 Å². The molecule has 72 valence electrons. The molecule has 2 aliphatic rings. The summed E-state index contributed by atoms with van der Waals surface area (Å²) in [4.78, 5) is 10.9. The minimum absolute atomic E-state index is 0.237. The van der Waals surface area contributed by atoms with Crippen LogP contribution in [0, 0.1) is 17.8 Å². The van der Waals surface area contributed by atoms with Crippen LogP contribution in [0.5, 0.6) is 0 Å². The molecule has 0 aromatic carbocycles. The molecule has 0 radical (unpaired) electrons. The van der Waals surface area contributed by atoms with E-state index in [1.54, 1.807) is 0 Å². The van der Waals surface area contributed by atoms with Gasteiger partial charge in [-0.05, 0) is 18.8 Å². The van der Waals surface area contributed by atoms with Crippen molar-refractivity contribution in [2.45, 2.75) is 19.8 Å². The van der Waals surface area contributed by atoms with Crippen LogP contribution in [0.15, 0.2) is 11.8 Å². The molecule has 0 aromatic heterocycles. The molecule has 1 aliphatic heterocycles. The lowest BCUT2D eigenvalue weighted by atomic mass is 9.85. The van der Waals surface area contributed by atoms with Crippen molar-refractivity contribution in [2.24, 2.45) is 17.8 Å². The highest BCUT2D eigenvalue weighted by Crippen LogP contribution is 2.43. The van der Waals surface area contributed by atoms with E-state index >= 15 is 0 Å². The first-order valence-electron chi connectivity index (χ1n) is 4.75. The number of rotatable bonds is 1. The Labute approximate surface area is 77.4 Å². The molecular formula is C10H14O3. The number of carboxylic acid groups (broad SMARTS) is 1. The molecule has 0 amide bonds. The third-order valence-electron chi connectivity index (χ3n) is 3.33. The van der Waals surface area contributed by atoms with Crippen LogP contribution in [0.4, 0.5) is 0 Å². The van der Waals surface area contributed by atoms with Gasteiger partial charge in [-0.15, -0.1) is 0 Å². The fourth-order valence-corrected chi connectivity index (χ4v) is 2.48. The number of fused-ring (bicyclic) bond motifs is 1. The van der Waals surface area contributed by atoms with Gasteiger partial charge in [0.15, 0.2) is 0 Å². The number of aliphatic carboxylic acids is 1. The number of carbonyl (C=O) groups is 1. The van der Waals surface area contributed by atoms with E-state index in [9.17, 15) is 4.79 Å². The molecule has 2 rings (SSSR count). The van der Waals surface area contributed by atoms with Crippen LogP contribution in [0.25, 0.3) is 0 Å². The highest BCUT2D eigenvalue weighted by Gasteiger charge is 2.40. The van der Waals surface area contributed by atoms with Gasteiger partial charge < -0.3 is 9.84 Å². The average Bonchev–Trinajstić information content (AvgIpc) is 2.48. The minimum Gasteiger partial charge on any atom is -0.500 e. The zero-order valence-corrected chi connectivity index (χ0v) is 7.69. The van der Waals surface area contributed by atoms with Gasteiger partial charge in [0, 0.05) is 11.8 Å². The average molecular weight is 182 g/mol. The van der Waals surface area contributed by atoms with E-state index in [1.165, 1.54) is 6.26 Å². The maximum absolute atomic E-state index is 10.9. The predicted molar refractivity (Wildman–Crippen MR) is 47.0 cm³/mol. The third kappa shape index (κ3) is 1.32. The quantitative estimate of drug-likeness (QED) is 0.670. The fourth-order valence-electron chi connectivity index (χ4n) is 2.48. The molecule has 0 bridgehead atoms. The molecule has 1 saturated carbocycles. The lowest BCUT2D eigenvalue weighted by molar-refractivity contribution is -0.134. The molecule has 3 nitrogen and oxygen atoms in total. The summed E-state index contributed by atoms with van der Waals surface area (Å²) >= 11 is 0. The van der Waals surface area contributed by atoms with Gasteiger partial charge in [-0.25, -0.2) is 4.79 Å². The van der Waals surface area contributed by atoms with Crippen LogP contribution in [-0.4, -0.2) is 17.7 Å². The number of hydrogen-bond donors (Lipinski definition) is 1. The van der Waals surface area contributed by atoms with Gasteiger partial charge in [0.2, 0.25) is 0 Å². The highest BCUT2D eigenvalue weighted by atomic mass is 16.5. The van der Waals surface area contributed by atoms with Crippen LogP contribution in [-0.2, 0) is 9.53 Å². The topological polar surface area (TPSA) is 46.5 Å². The Kier molecular flexibility index (Phi) is 2.02. The summed E-state index contributed by atoms with van der Waals surface area (Å²) in [7, 11) is 0. The van der Waals surface area contributed by atoms with Gasteiger partial charge >= 0.3 is 5.97 Å². The summed E-state index contributed by atoms with van der Waals surface area (Å²) in [6.07, 6.45) is 3.57. The first-order valence-corrected chi connectivity index (χ1v) is 4.75. The van der Waals surface area contributed by atoms with Crippen molar-refractivity contribution in [1.29, 1.82) is 0 Å². The molecule has 1 aliphatic carbocycles. The zero-order valence-electron chi connectivity index (χ0n) is 7.69. The van der Waals surface area contributed by atoms with E-state index in [0.29, 0.717) is 24.0 Å². The lowest BCUT2D eigenvalue weighted by Gasteiger charge is -2.26. The van der Waals surface area contributed by atoms with E-state index in [2.05, 4.69) is 6.92 Å². The van der Waals surface area contributed by atoms with Crippen LogP contribution >= 0.6 is 0 Å². The second kappa shape index (κ2) is 3.05. The van der Waals surface area contributed by atoms with Gasteiger partial charge in [-0.2, -0.15) is 0 Å². The summed E-state index contributed by atoms with van der Waals surface area (Å²) in [6, 6.07) is 0. The molecular weight excluding hydrogens is 168 g/mol. The van der Waals surface area contributed by atoms with Crippen LogP contribution in [0.2, 0.25) is 0 Å². The molecule has 0 saturated heterocycles. The molecule has 1 N–H and O–H groups in total. The standard InChI is InChI=1S/C10H14O3/c1-6-2-3-7-8(6)4-13-5-9(7)10(11)12/h5-8H,2-4H2,1H3,(H,11,12). The summed E-state index contributed by atoms with van der Waals surface area (Å²) < 4.78 is 5.18. The van der Waals surface area contributed by atoms with Crippen molar-refractivity contribution in [3.8, 4) is 0 Å². The van der Waals surface area contributed by atoms with E-state index in [1.807, 2.05) is 0 Å². The van der Waals surface area contributed by atoms with Crippen LogP contribution < -0.4 is 0 Å². The Morgan fingerprint density at radius 1 is 1.62 bits per heavy atom. The van der Waals surface area contributed by atoms with Gasteiger partial charge in [0.25, 0.3) is 0 Å². The monoisotopic (exact) mass is 182 g/mol. The Hall–Kier alpha value is -0.990. The van der Waals surface area contributed by atoms with Crippen molar-refractivity contribution >= 4 is 5.97 Å². The van der Waals surface area contributed by atoms with E-state index in [0.717, 1.165) is 12.8 Å². The molecule has 0 aromatic rings. The fraction of sp³-hybridized carbons (Fsp3) is 0.700. The SMILES string of the molecule is CC1CCC2C(C(=O)O)=COCC12. The summed E-state index contributed by atoms with van der Waals surface area (Å²) in [5, 5.41) is 8.92. The molecule has 1 fully saturated rings. The number of carboxylic acids is 1. The molecule has 0 spiro atoms. The molecule has 3 atom stereocenters. The Morgan fingerprint density at radius 2 is 2.38 bits per heavy atom. The Bertz CT molecular complexity index is 257. The molecule has 13 heavy (non-hydrogen) atoms. The van der Waals surface area contributed by atoms with Crippen molar-refractivity contribution in [3.63, 3.8) is 0 Å². The summed E-state index contributed by atoms with van der Waals surface area (Å²) in [6.45, 7) is 2.88. The summed E-state index contributed by atoms with van der Waals surface area (Å²) in [5.41, 5.74) is 0.473. The largest absolute Gasteiger partial charge is 0.500 e. The van der Waals surface area contributed by atoms with Crippen molar-refractivity contribution in [3.05, 3.63) is 11.8 Å². The lowest BCUT2D eigenvalue weighted by Crippen LogP contribution is -2.27.